The van der Waals surface area contributed by atoms with E-state index in [4.69, 9.17) is 5.11 Å². The molecular formula is C16H18N2O3. The minimum atomic E-state index is -1.03. The van der Waals surface area contributed by atoms with E-state index in [2.05, 4.69) is 16.0 Å². The molecule has 1 heterocycles. The first-order valence-corrected chi connectivity index (χ1v) is 6.73. The molecule has 5 heteroatoms. The third-order valence-electron chi connectivity index (χ3n) is 3.54. The molecule has 1 aromatic heterocycles. The van der Waals surface area contributed by atoms with Crippen LogP contribution in [0.2, 0.25) is 0 Å². The molecule has 2 aromatic rings. The molecule has 0 bridgehead atoms. The van der Waals surface area contributed by atoms with Crippen molar-refractivity contribution in [1.29, 1.82) is 0 Å². The average molecular weight is 286 g/mol. The van der Waals surface area contributed by atoms with Crippen LogP contribution in [-0.4, -0.2) is 21.0 Å². The Morgan fingerprint density at radius 3 is 2.52 bits per heavy atom. The molecule has 0 fully saturated rings. The van der Waals surface area contributed by atoms with Gasteiger partial charge in [-0.3, -0.25) is 9.59 Å². The van der Waals surface area contributed by atoms with Crippen LogP contribution in [-0.2, 0) is 17.6 Å². The molecule has 2 N–H and O–H groups in total. The topological polar surface area (TPSA) is 83.0 Å². The highest BCUT2D eigenvalue weighted by Gasteiger charge is 2.12. The van der Waals surface area contributed by atoms with E-state index in [1.807, 2.05) is 26.0 Å². The standard InChI is InChI=1S/C16H18N2O3/c1-9-4-5-12(6-10(9)2)7-14-17-11(3)13(8-15(19)20)16(21)18-14/h4-6H,7-8H2,1-3H3,(H,19,20)(H,17,18,21). The number of carboxylic acid groups (broad SMARTS) is 1. The van der Waals surface area contributed by atoms with Crippen molar-refractivity contribution < 1.29 is 9.90 Å². The molecule has 5 nitrogen and oxygen atoms in total. The number of nitrogens with one attached hydrogen (secondary N) is 1. The fourth-order valence-electron chi connectivity index (χ4n) is 2.22. The van der Waals surface area contributed by atoms with Crippen molar-refractivity contribution in [3.05, 3.63) is 62.3 Å². The van der Waals surface area contributed by atoms with Crippen molar-refractivity contribution in [3.63, 3.8) is 0 Å². The largest absolute Gasteiger partial charge is 0.481 e. The van der Waals surface area contributed by atoms with Gasteiger partial charge in [0.15, 0.2) is 0 Å². The summed E-state index contributed by atoms with van der Waals surface area (Å²) < 4.78 is 0. The molecule has 21 heavy (non-hydrogen) atoms. The van der Waals surface area contributed by atoms with Crippen molar-refractivity contribution in [1.82, 2.24) is 9.97 Å². The van der Waals surface area contributed by atoms with E-state index in [0.717, 1.165) is 5.56 Å². The van der Waals surface area contributed by atoms with Gasteiger partial charge in [-0.1, -0.05) is 18.2 Å². The summed E-state index contributed by atoms with van der Waals surface area (Å²) in [6.45, 7) is 5.75. The monoisotopic (exact) mass is 286 g/mol. The van der Waals surface area contributed by atoms with Crippen molar-refractivity contribution >= 4 is 5.97 Å². The third-order valence-corrected chi connectivity index (χ3v) is 3.54. The lowest BCUT2D eigenvalue weighted by atomic mass is 10.0. The summed E-state index contributed by atoms with van der Waals surface area (Å²) in [5.74, 6) is -0.484. The highest BCUT2D eigenvalue weighted by molar-refractivity contribution is 5.70. The van der Waals surface area contributed by atoms with Gasteiger partial charge in [-0.05, 0) is 37.5 Å². The average Bonchev–Trinajstić information content (AvgIpc) is 2.38. The Morgan fingerprint density at radius 2 is 1.95 bits per heavy atom. The maximum Gasteiger partial charge on any atom is 0.308 e. The predicted octanol–water partition coefficient (Wildman–Crippen LogP) is 1.91. The predicted molar refractivity (Wildman–Crippen MR) is 79.7 cm³/mol. The van der Waals surface area contributed by atoms with E-state index < -0.39 is 5.97 Å². The Balaban J connectivity index is 2.31. The van der Waals surface area contributed by atoms with Crippen LogP contribution in [0.3, 0.4) is 0 Å². The summed E-state index contributed by atoms with van der Waals surface area (Å²) in [5.41, 5.74) is 3.78. The molecule has 0 spiro atoms. The quantitative estimate of drug-likeness (QED) is 0.899. The second kappa shape index (κ2) is 5.91. The van der Waals surface area contributed by atoms with Gasteiger partial charge >= 0.3 is 5.97 Å². The van der Waals surface area contributed by atoms with Gasteiger partial charge in [-0.15, -0.1) is 0 Å². The normalized spacial score (nSPS) is 10.6. The molecule has 0 aliphatic heterocycles. The van der Waals surface area contributed by atoms with E-state index in [-0.39, 0.29) is 17.5 Å². The van der Waals surface area contributed by atoms with Gasteiger partial charge in [0.05, 0.1) is 6.42 Å². The molecular weight excluding hydrogens is 268 g/mol. The van der Waals surface area contributed by atoms with Crippen LogP contribution < -0.4 is 5.56 Å². The number of nitrogens with zero attached hydrogens (tertiary/aromatic N) is 1. The molecule has 0 unspecified atom stereocenters. The molecule has 0 aliphatic carbocycles. The smallest absolute Gasteiger partial charge is 0.308 e. The Bertz CT molecular complexity index is 748. The van der Waals surface area contributed by atoms with Crippen molar-refractivity contribution in [2.45, 2.75) is 33.6 Å². The van der Waals surface area contributed by atoms with Crippen LogP contribution in [0.15, 0.2) is 23.0 Å². The summed E-state index contributed by atoms with van der Waals surface area (Å²) in [6.07, 6.45) is 0.211. The van der Waals surface area contributed by atoms with E-state index in [1.54, 1.807) is 6.92 Å². The zero-order chi connectivity index (χ0) is 15.6. The van der Waals surface area contributed by atoms with Gasteiger partial charge < -0.3 is 10.1 Å². The van der Waals surface area contributed by atoms with Gasteiger partial charge in [-0.2, -0.15) is 0 Å². The molecule has 0 amide bonds. The molecule has 1 aromatic carbocycles. The van der Waals surface area contributed by atoms with Gasteiger partial charge in [-0.25, -0.2) is 4.98 Å². The summed E-state index contributed by atoms with van der Waals surface area (Å²) in [7, 11) is 0. The van der Waals surface area contributed by atoms with Gasteiger partial charge in [0, 0.05) is 17.7 Å². The second-order valence-corrected chi connectivity index (χ2v) is 5.24. The lowest BCUT2D eigenvalue weighted by Crippen LogP contribution is -2.21. The van der Waals surface area contributed by atoms with Crippen molar-refractivity contribution in [3.8, 4) is 0 Å². The summed E-state index contributed by atoms with van der Waals surface area (Å²) in [4.78, 5) is 29.7. The SMILES string of the molecule is Cc1ccc(Cc2nc(C)c(CC(=O)O)c(=O)[nH]2)cc1C. The van der Waals surface area contributed by atoms with E-state index in [9.17, 15) is 9.59 Å². The fourth-order valence-corrected chi connectivity index (χ4v) is 2.22. The summed E-state index contributed by atoms with van der Waals surface area (Å²) in [6, 6.07) is 6.10. The van der Waals surface area contributed by atoms with Crippen LogP contribution >= 0.6 is 0 Å². The second-order valence-electron chi connectivity index (χ2n) is 5.24. The van der Waals surface area contributed by atoms with Crippen molar-refractivity contribution in [2.24, 2.45) is 0 Å². The molecule has 0 saturated heterocycles. The van der Waals surface area contributed by atoms with Gasteiger partial charge in [0.25, 0.3) is 5.56 Å². The minimum Gasteiger partial charge on any atom is -0.481 e. The highest BCUT2D eigenvalue weighted by atomic mass is 16.4. The van der Waals surface area contributed by atoms with Crippen molar-refractivity contribution in [2.75, 3.05) is 0 Å². The lowest BCUT2D eigenvalue weighted by molar-refractivity contribution is -0.136. The number of H-pyrrole nitrogens is 1. The molecule has 0 atom stereocenters. The minimum absolute atomic E-state index is 0.214. The van der Waals surface area contributed by atoms with Gasteiger partial charge in [0.1, 0.15) is 5.82 Å². The number of carboxylic acids is 1. The number of aryl methyl sites for hydroxylation is 3. The zero-order valence-corrected chi connectivity index (χ0v) is 12.4. The zero-order valence-electron chi connectivity index (χ0n) is 12.4. The summed E-state index contributed by atoms with van der Waals surface area (Å²) in [5, 5.41) is 8.80. The molecule has 110 valence electrons. The Hall–Kier alpha value is -2.43. The van der Waals surface area contributed by atoms with E-state index in [0.29, 0.717) is 17.9 Å². The highest BCUT2D eigenvalue weighted by Crippen LogP contribution is 2.12. The van der Waals surface area contributed by atoms with Crippen LogP contribution in [0.5, 0.6) is 0 Å². The number of aromatic amines is 1. The summed E-state index contributed by atoms with van der Waals surface area (Å²) >= 11 is 0. The van der Waals surface area contributed by atoms with Gasteiger partial charge in [0.2, 0.25) is 0 Å². The number of aromatic nitrogens is 2. The first-order chi connectivity index (χ1) is 9.86. The number of benzene rings is 1. The van der Waals surface area contributed by atoms with Crippen LogP contribution in [0.1, 0.15) is 33.8 Å². The third kappa shape index (κ3) is 3.56. The van der Waals surface area contributed by atoms with Crippen LogP contribution in [0.4, 0.5) is 0 Å². The number of rotatable bonds is 4. The Morgan fingerprint density at radius 1 is 1.24 bits per heavy atom. The van der Waals surface area contributed by atoms with E-state index in [1.165, 1.54) is 11.1 Å². The van der Waals surface area contributed by atoms with Crippen LogP contribution in [0.25, 0.3) is 0 Å². The fraction of sp³-hybridized carbons (Fsp3) is 0.312. The Kier molecular flexibility index (Phi) is 4.21. The molecule has 2 rings (SSSR count). The molecule has 0 radical (unpaired) electrons. The first kappa shape index (κ1) is 15.0. The number of carbonyl (C=O) groups is 1. The number of hydrogen-bond acceptors (Lipinski definition) is 3. The maximum atomic E-state index is 11.9. The Labute approximate surface area is 122 Å². The molecule has 0 saturated carbocycles. The van der Waals surface area contributed by atoms with E-state index >= 15 is 0 Å². The maximum absolute atomic E-state index is 11.9. The number of hydrogen-bond donors (Lipinski definition) is 2. The number of aliphatic carboxylic acids is 1. The molecule has 0 aliphatic rings. The van der Waals surface area contributed by atoms with Crippen LogP contribution in [0, 0.1) is 20.8 Å². The first-order valence-electron chi connectivity index (χ1n) is 6.73. The lowest BCUT2D eigenvalue weighted by Gasteiger charge is -2.07.